The molecule has 0 radical (unpaired) electrons. The lowest BCUT2D eigenvalue weighted by atomic mass is 9.84. The fourth-order valence-corrected chi connectivity index (χ4v) is 3.62. The van der Waals surface area contributed by atoms with E-state index < -0.39 is 17.8 Å². The van der Waals surface area contributed by atoms with Crippen molar-refractivity contribution < 1.29 is 17.9 Å². The smallest absolute Gasteiger partial charge is 0.406 e. The molecule has 0 heterocycles. The number of halogens is 3. The molecular formula is C21H24F3NO. The summed E-state index contributed by atoms with van der Waals surface area (Å²) in [4.78, 5) is 0. The van der Waals surface area contributed by atoms with Crippen LogP contribution in [-0.4, -0.2) is 24.9 Å². The van der Waals surface area contributed by atoms with Gasteiger partial charge in [0.2, 0.25) is 0 Å². The van der Waals surface area contributed by atoms with Gasteiger partial charge in [-0.05, 0) is 43.5 Å². The molecule has 2 aromatic carbocycles. The minimum Gasteiger partial charge on any atom is -0.490 e. The Balaban J connectivity index is 1.86. The van der Waals surface area contributed by atoms with Crippen molar-refractivity contribution in [3.05, 3.63) is 66.2 Å². The van der Waals surface area contributed by atoms with Crippen LogP contribution in [0.4, 0.5) is 13.2 Å². The van der Waals surface area contributed by atoms with Gasteiger partial charge in [-0.1, -0.05) is 48.5 Å². The summed E-state index contributed by atoms with van der Waals surface area (Å²) in [6, 6.07) is 18.6. The second-order valence-electron chi connectivity index (χ2n) is 6.94. The first-order valence-corrected chi connectivity index (χ1v) is 8.96. The van der Waals surface area contributed by atoms with E-state index in [1.165, 1.54) is 7.05 Å². The van der Waals surface area contributed by atoms with E-state index in [2.05, 4.69) is 5.32 Å². The van der Waals surface area contributed by atoms with Crippen LogP contribution in [0.15, 0.2) is 60.7 Å². The fourth-order valence-electron chi connectivity index (χ4n) is 3.62. The molecule has 2 nitrogen and oxygen atoms in total. The average molecular weight is 363 g/mol. The molecule has 5 heteroatoms. The molecule has 3 rings (SSSR count). The second kappa shape index (κ2) is 7.70. The molecule has 0 aliphatic heterocycles. The van der Waals surface area contributed by atoms with Gasteiger partial charge in [0.15, 0.2) is 0 Å². The Labute approximate surface area is 152 Å². The number of hydrogen-bond acceptors (Lipinski definition) is 2. The van der Waals surface area contributed by atoms with E-state index in [-0.39, 0.29) is 12.3 Å². The van der Waals surface area contributed by atoms with Gasteiger partial charge in [-0.3, -0.25) is 0 Å². The third-order valence-corrected chi connectivity index (χ3v) is 5.13. The van der Waals surface area contributed by atoms with Gasteiger partial charge in [0.1, 0.15) is 17.4 Å². The monoisotopic (exact) mass is 363 g/mol. The van der Waals surface area contributed by atoms with Gasteiger partial charge < -0.3 is 10.1 Å². The average Bonchev–Trinajstić information content (AvgIpc) is 3.45. The Kier molecular flexibility index (Phi) is 5.56. The molecule has 2 atom stereocenters. The van der Waals surface area contributed by atoms with Crippen LogP contribution in [0.2, 0.25) is 0 Å². The van der Waals surface area contributed by atoms with Crippen molar-refractivity contribution in [3.8, 4) is 5.75 Å². The first kappa shape index (κ1) is 18.8. The zero-order valence-electron chi connectivity index (χ0n) is 14.8. The zero-order chi connectivity index (χ0) is 18.6. The Hall–Kier alpha value is -2.01. The van der Waals surface area contributed by atoms with Gasteiger partial charge >= 0.3 is 6.18 Å². The molecule has 1 saturated carbocycles. The van der Waals surface area contributed by atoms with E-state index >= 15 is 0 Å². The zero-order valence-corrected chi connectivity index (χ0v) is 14.8. The van der Waals surface area contributed by atoms with Crippen LogP contribution in [0.5, 0.6) is 5.75 Å². The highest BCUT2D eigenvalue weighted by Gasteiger charge is 2.62. The molecule has 2 aromatic rings. The normalized spacial score (nSPS) is 18.2. The maximum atomic E-state index is 14.0. The molecule has 0 aromatic heterocycles. The van der Waals surface area contributed by atoms with Crippen LogP contribution in [0, 0.1) is 5.92 Å². The van der Waals surface area contributed by atoms with Crippen molar-refractivity contribution >= 4 is 0 Å². The van der Waals surface area contributed by atoms with E-state index in [1.54, 1.807) is 12.1 Å². The molecule has 140 valence electrons. The van der Waals surface area contributed by atoms with Crippen molar-refractivity contribution in [1.29, 1.82) is 0 Å². The number of alkyl halides is 3. The van der Waals surface area contributed by atoms with Crippen LogP contribution in [0.3, 0.4) is 0 Å². The number of ether oxygens (including phenoxy) is 1. The van der Waals surface area contributed by atoms with Gasteiger partial charge in [-0.15, -0.1) is 0 Å². The predicted octanol–water partition coefficient (Wildman–Crippen LogP) is 5.00. The summed E-state index contributed by atoms with van der Waals surface area (Å²) >= 11 is 0. The highest BCUT2D eigenvalue weighted by Crippen LogP contribution is 2.50. The molecule has 26 heavy (non-hydrogen) atoms. The first-order valence-electron chi connectivity index (χ1n) is 8.96. The van der Waals surface area contributed by atoms with Gasteiger partial charge in [0, 0.05) is 12.8 Å². The lowest BCUT2D eigenvalue weighted by Crippen LogP contribution is -2.59. The van der Waals surface area contributed by atoms with Crippen LogP contribution in [0.25, 0.3) is 0 Å². The van der Waals surface area contributed by atoms with Gasteiger partial charge in [-0.25, -0.2) is 0 Å². The molecular weight excluding hydrogens is 339 g/mol. The molecule has 1 N–H and O–H groups in total. The summed E-state index contributed by atoms with van der Waals surface area (Å²) in [5.74, 6) is 0.210. The third-order valence-electron chi connectivity index (χ3n) is 5.13. The molecule has 1 aliphatic rings. The minimum absolute atomic E-state index is 0.110. The fraction of sp³-hybridized carbons (Fsp3) is 0.429. The molecule has 1 fully saturated rings. The Morgan fingerprint density at radius 3 is 2.08 bits per heavy atom. The summed E-state index contributed by atoms with van der Waals surface area (Å²) in [6.07, 6.45) is -3.37. The summed E-state index contributed by atoms with van der Waals surface area (Å²) in [7, 11) is 1.41. The van der Waals surface area contributed by atoms with Crippen LogP contribution >= 0.6 is 0 Å². The summed E-state index contributed by atoms with van der Waals surface area (Å²) in [6.45, 7) is 0. The maximum absolute atomic E-state index is 14.0. The molecule has 1 aliphatic carbocycles. The number of nitrogens with one attached hydrogen (secondary N) is 1. The minimum atomic E-state index is -4.32. The van der Waals surface area contributed by atoms with Crippen LogP contribution < -0.4 is 10.1 Å². The number of rotatable bonds is 8. The van der Waals surface area contributed by atoms with E-state index in [0.29, 0.717) is 25.0 Å². The second-order valence-corrected chi connectivity index (χ2v) is 6.94. The van der Waals surface area contributed by atoms with E-state index in [1.807, 2.05) is 48.5 Å². The largest absolute Gasteiger partial charge is 0.490 e. The number of para-hydroxylation sites is 1. The van der Waals surface area contributed by atoms with Gasteiger partial charge in [-0.2, -0.15) is 13.2 Å². The molecule has 0 amide bonds. The van der Waals surface area contributed by atoms with Crippen LogP contribution in [0.1, 0.15) is 24.8 Å². The predicted molar refractivity (Wildman–Crippen MR) is 96.2 cm³/mol. The van der Waals surface area contributed by atoms with E-state index in [0.717, 1.165) is 5.56 Å². The van der Waals surface area contributed by atoms with Gasteiger partial charge in [0.05, 0.1) is 0 Å². The SMILES string of the molecule is CNC(CC(Cc1ccccc1)Oc1ccccc1)(C1CC1)C(F)(F)F. The van der Waals surface area contributed by atoms with E-state index in [9.17, 15) is 13.2 Å². The van der Waals surface area contributed by atoms with Gasteiger partial charge in [0.25, 0.3) is 0 Å². The molecule has 0 saturated heterocycles. The van der Waals surface area contributed by atoms with Crippen molar-refractivity contribution in [2.24, 2.45) is 5.92 Å². The lowest BCUT2D eigenvalue weighted by Gasteiger charge is -2.38. The Morgan fingerprint density at radius 2 is 1.58 bits per heavy atom. The Bertz CT molecular complexity index is 644. The van der Waals surface area contributed by atoms with Crippen molar-refractivity contribution in [3.63, 3.8) is 0 Å². The highest BCUT2D eigenvalue weighted by atomic mass is 19.4. The summed E-state index contributed by atoms with van der Waals surface area (Å²) in [5, 5.41) is 2.61. The topological polar surface area (TPSA) is 21.3 Å². The van der Waals surface area contributed by atoms with Crippen molar-refractivity contribution in [2.45, 2.75) is 43.5 Å². The summed E-state index contributed by atoms with van der Waals surface area (Å²) < 4.78 is 48.0. The molecule has 0 spiro atoms. The van der Waals surface area contributed by atoms with Crippen LogP contribution in [-0.2, 0) is 6.42 Å². The van der Waals surface area contributed by atoms with Crippen molar-refractivity contribution in [1.82, 2.24) is 5.32 Å². The molecule has 0 bridgehead atoms. The standard InChI is InChI=1S/C21H24F3NO/c1-25-20(17-12-13-17,21(22,23)24)15-19(14-16-8-4-2-5-9-16)26-18-10-6-3-7-11-18/h2-11,17,19,25H,12-15H2,1H3. The molecule has 2 unspecified atom stereocenters. The van der Waals surface area contributed by atoms with Crippen molar-refractivity contribution in [2.75, 3.05) is 7.05 Å². The Morgan fingerprint density at radius 1 is 1.00 bits per heavy atom. The number of benzene rings is 2. The highest BCUT2D eigenvalue weighted by molar-refractivity contribution is 5.23. The lowest BCUT2D eigenvalue weighted by molar-refractivity contribution is -0.209. The first-order chi connectivity index (χ1) is 12.4. The summed E-state index contributed by atoms with van der Waals surface area (Å²) in [5.41, 5.74) is -0.933. The number of hydrogen-bond donors (Lipinski definition) is 1. The quantitative estimate of drug-likeness (QED) is 0.713. The van der Waals surface area contributed by atoms with E-state index in [4.69, 9.17) is 4.74 Å². The maximum Gasteiger partial charge on any atom is 0.406 e. The third kappa shape index (κ3) is 4.21.